The Morgan fingerprint density at radius 2 is 2.00 bits per heavy atom. The maximum atomic E-state index is 11.7. The van der Waals surface area contributed by atoms with Crippen molar-refractivity contribution < 1.29 is 4.79 Å². The third-order valence-electron chi connectivity index (χ3n) is 5.69. The maximum absolute atomic E-state index is 11.7. The van der Waals surface area contributed by atoms with Crippen molar-refractivity contribution >= 4 is 17.6 Å². The van der Waals surface area contributed by atoms with Gasteiger partial charge in [-0.25, -0.2) is 4.79 Å². The van der Waals surface area contributed by atoms with E-state index in [9.17, 15) is 4.79 Å². The van der Waals surface area contributed by atoms with E-state index < -0.39 is 0 Å². The minimum Gasteiger partial charge on any atom is -0.335 e. The number of hydrogen-bond donors (Lipinski definition) is 1. The molecule has 0 radical (unpaired) electrons. The maximum Gasteiger partial charge on any atom is 0.317 e. The summed E-state index contributed by atoms with van der Waals surface area (Å²) in [4.78, 5) is 15.9. The van der Waals surface area contributed by atoms with Crippen molar-refractivity contribution in [2.24, 2.45) is 5.92 Å². The average Bonchev–Trinajstić information content (AvgIpc) is 2.61. The molecule has 1 aliphatic heterocycles. The van der Waals surface area contributed by atoms with Gasteiger partial charge in [0.15, 0.2) is 0 Å². The van der Waals surface area contributed by atoms with E-state index in [1.165, 1.54) is 36.9 Å². The van der Waals surface area contributed by atoms with Gasteiger partial charge < -0.3 is 10.2 Å². The van der Waals surface area contributed by atoms with Gasteiger partial charge in [0.25, 0.3) is 0 Å². The van der Waals surface area contributed by atoms with Crippen LogP contribution in [0.2, 0.25) is 5.02 Å². The zero-order chi connectivity index (χ0) is 17.8. The second-order valence-corrected chi connectivity index (χ2v) is 8.23. The number of carbonyl (C=O) groups is 1. The number of urea groups is 1. The number of nitrogens with zero attached hydrogens (tertiary/aromatic N) is 2. The Labute approximate surface area is 156 Å². The highest BCUT2D eigenvalue weighted by Gasteiger charge is 2.24. The molecule has 1 aromatic rings. The fraction of sp³-hybridized carbons (Fsp3) is 0.650. The Morgan fingerprint density at radius 1 is 1.24 bits per heavy atom. The Balaban J connectivity index is 1.39. The number of halogens is 1. The third-order valence-corrected chi connectivity index (χ3v) is 5.93. The molecular weight excluding hydrogens is 334 g/mol. The summed E-state index contributed by atoms with van der Waals surface area (Å²) >= 11 is 6.09. The summed E-state index contributed by atoms with van der Waals surface area (Å²) in [5.41, 5.74) is 2.85. The molecular formula is C20H30ClN3O. The van der Waals surface area contributed by atoms with Gasteiger partial charge in [0.1, 0.15) is 0 Å². The average molecular weight is 364 g/mol. The SMILES string of the molecule is CN(C)C(=O)NC1CCC(CCN2CCc3cc(Cl)ccc3C2)CC1. The van der Waals surface area contributed by atoms with Gasteiger partial charge in [-0.2, -0.15) is 0 Å². The molecule has 0 unspecified atom stereocenters. The van der Waals surface area contributed by atoms with Crippen LogP contribution in [0, 0.1) is 5.92 Å². The van der Waals surface area contributed by atoms with Gasteiger partial charge in [0.2, 0.25) is 0 Å². The lowest BCUT2D eigenvalue weighted by atomic mass is 9.84. The zero-order valence-corrected chi connectivity index (χ0v) is 16.2. The van der Waals surface area contributed by atoms with Gasteiger partial charge in [-0.15, -0.1) is 0 Å². The second-order valence-electron chi connectivity index (χ2n) is 7.79. The van der Waals surface area contributed by atoms with Crippen molar-refractivity contribution in [3.8, 4) is 0 Å². The van der Waals surface area contributed by atoms with E-state index in [-0.39, 0.29) is 6.03 Å². The van der Waals surface area contributed by atoms with Gasteiger partial charge in [-0.1, -0.05) is 17.7 Å². The van der Waals surface area contributed by atoms with Crippen LogP contribution in [0.5, 0.6) is 0 Å². The molecule has 0 bridgehead atoms. The summed E-state index contributed by atoms with van der Waals surface area (Å²) in [6.07, 6.45) is 7.09. The lowest BCUT2D eigenvalue weighted by Gasteiger charge is -2.33. The third kappa shape index (κ3) is 5.11. The normalized spacial score (nSPS) is 23.8. The standard InChI is InChI=1S/C20H30ClN3O/c1-23(2)20(25)22-19-7-3-15(4-8-19)9-11-24-12-10-16-13-18(21)6-5-17(16)14-24/h5-6,13,15,19H,3-4,7-12,14H2,1-2H3,(H,22,25). The second kappa shape index (κ2) is 8.41. The molecule has 4 nitrogen and oxygen atoms in total. The molecule has 1 N–H and O–H groups in total. The van der Waals surface area contributed by atoms with Crippen LogP contribution < -0.4 is 5.32 Å². The van der Waals surface area contributed by atoms with Crippen LogP contribution >= 0.6 is 11.6 Å². The van der Waals surface area contributed by atoms with E-state index in [0.29, 0.717) is 6.04 Å². The molecule has 1 fully saturated rings. The van der Waals surface area contributed by atoms with E-state index in [0.717, 1.165) is 43.3 Å². The number of amides is 2. The van der Waals surface area contributed by atoms with Crippen molar-refractivity contribution in [3.63, 3.8) is 0 Å². The minimum atomic E-state index is 0.0375. The molecule has 3 rings (SSSR count). The van der Waals surface area contributed by atoms with Crippen molar-refractivity contribution in [1.82, 2.24) is 15.1 Å². The Morgan fingerprint density at radius 3 is 2.72 bits per heavy atom. The number of fused-ring (bicyclic) bond motifs is 1. The van der Waals surface area contributed by atoms with Crippen molar-refractivity contribution in [2.45, 2.75) is 51.1 Å². The van der Waals surface area contributed by atoms with Gasteiger partial charge in [-0.3, -0.25) is 4.90 Å². The molecule has 2 aliphatic rings. The van der Waals surface area contributed by atoms with Crippen LogP contribution in [0.15, 0.2) is 18.2 Å². The first-order valence-corrected chi connectivity index (χ1v) is 9.86. The number of benzene rings is 1. The Hall–Kier alpha value is -1.26. The minimum absolute atomic E-state index is 0.0375. The number of carbonyl (C=O) groups excluding carboxylic acids is 1. The molecule has 0 spiro atoms. The topological polar surface area (TPSA) is 35.6 Å². The lowest BCUT2D eigenvalue weighted by molar-refractivity contribution is 0.193. The highest BCUT2D eigenvalue weighted by Crippen LogP contribution is 2.28. The molecule has 138 valence electrons. The van der Waals surface area contributed by atoms with E-state index >= 15 is 0 Å². The molecule has 0 atom stereocenters. The fourth-order valence-electron chi connectivity index (χ4n) is 4.04. The molecule has 0 aromatic heterocycles. The van der Waals surface area contributed by atoms with Crippen molar-refractivity contribution in [1.29, 1.82) is 0 Å². The van der Waals surface area contributed by atoms with Gasteiger partial charge >= 0.3 is 6.03 Å². The largest absolute Gasteiger partial charge is 0.335 e. The van der Waals surface area contributed by atoms with E-state index in [1.807, 2.05) is 6.07 Å². The first-order chi connectivity index (χ1) is 12.0. The van der Waals surface area contributed by atoms with Crippen molar-refractivity contribution in [2.75, 3.05) is 27.2 Å². The first kappa shape index (κ1) is 18.5. The summed E-state index contributed by atoms with van der Waals surface area (Å²) in [6.45, 7) is 3.38. The number of hydrogen-bond acceptors (Lipinski definition) is 2. The summed E-state index contributed by atoms with van der Waals surface area (Å²) in [7, 11) is 3.59. The van der Waals surface area contributed by atoms with Crippen LogP contribution in [0.3, 0.4) is 0 Å². The van der Waals surface area contributed by atoms with Gasteiger partial charge in [0.05, 0.1) is 0 Å². The van der Waals surface area contributed by atoms with Crippen LogP contribution in [-0.4, -0.2) is 49.1 Å². The van der Waals surface area contributed by atoms with Gasteiger partial charge in [0, 0.05) is 38.2 Å². The smallest absolute Gasteiger partial charge is 0.317 e. The summed E-state index contributed by atoms with van der Waals surface area (Å²) < 4.78 is 0. The molecule has 0 saturated heterocycles. The summed E-state index contributed by atoms with van der Waals surface area (Å²) in [5, 5.41) is 3.98. The van der Waals surface area contributed by atoms with Gasteiger partial charge in [-0.05, 0) is 74.2 Å². The van der Waals surface area contributed by atoms with E-state index in [4.69, 9.17) is 11.6 Å². The number of nitrogens with one attached hydrogen (secondary N) is 1. The summed E-state index contributed by atoms with van der Waals surface area (Å²) in [5.74, 6) is 0.805. The summed E-state index contributed by atoms with van der Waals surface area (Å²) in [6, 6.07) is 6.71. The van der Waals surface area contributed by atoms with E-state index in [2.05, 4.69) is 22.3 Å². The lowest BCUT2D eigenvalue weighted by Crippen LogP contribution is -2.43. The quantitative estimate of drug-likeness (QED) is 0.880. The Bertz CT molecular complexity index is 597. The Kier molecular flexibility index (Phi) is 6.24. The predicted octanol–water partition coefficient (Wildman–Crippen LogP) is 3.92. The molecule has 1 saturated carbocycles. The first-order valence-electron chi connectivity index (χ1n) is 9.48. The fourth-order valence-corrected chi connectivity index (χ4v) is 4.23. The molecule has 5 heteroatoms. The molecule has 1 aromatic carbocycles. The molecule has 1 heterocycles. The van der Waals surface area contributed by atoms with Crippen molar-refractivity contribution in [3.05, 3.63) is 34.3 Å². The highest BCUT2D eigenvalue weighted by atomic mass is 35.5. The molecule has 1 aliphatic carbocycles. The van der Waals surface area contributed by atoms with Crippen LogP contribution in [0.1, 0.15) is 43.2 Å². The molecule has 25 heavy (non-hydrogen) atoms. The highest BCUT2D eigenvalue weighted by molar-refractivity contribution is 6.30. The van der Waals surface area contributed by atoms with Crippen LogP contribution in [0.4, 0.5) is 4.79 Å². The zero-order valence-electron chi connectivity index (χ0n) is 15.4. The predicted molar refractivity (Wildman–Crippen MR) is 103 cm³/mol. The van der Waals surface area contributed by atoms with Crippen LogP contribution in [0.25, 0.3) is 0 Å². The molecule has 2 amide bonds. The van der Waals surface area contributed by atoms with E-state index in [1.54, 1.807) is 19.0 Å². The number of rotatable bonds is 4. The van der Waals surface area contributed by atoms with Crippen LogP contribution in [-0.2, 0) is 13.0 Å². The monoisotopic (exact) mass is 363 g/mol.